The highest BCUT2D eigenvalue weighted by Gasteiger charge is 2.07. The Morgan fingerprint density at radius 1 is 1.14 bits per heavy atom. The van der Waals surface area contributed by atoms with Crippen LogP contribution in [0, 0.1) is 3.70 Å². The minimum atomic E-state index is 0.584. The van der Waals surface area contributed by atoms with Crippen molar-refractivity contribution in [2.24, 2.45) is 12.8 Å². The van der Waals surface area contributed by atoms with E-state index in [-0.39, 0.29) is 0 Å². The van der Waals surface area contributed by atoms with Crippen LogP contribution in [0.15, 0.2) is 42.5 Å². The second-order valence-corrected chi connectivity index (χ2v) is 6.23. The molecule has 0 bridgehead atoms. The van der Waals surface area contributed by atoms with Crippen LogP contribution in [0.3, 0.4) is 0 Å². The first-order valence-electron chi connectivity index (χ1n) is 7.20. The first-order chi connectivity index (χ1) is 10.7. The summed E-state index contributed by atoms with van der Waals surface area (Å²) in [4.78, 5) is 0. The fraction of sp³-hybridized carbons (Fsp3) is 0.235. The number of halogens is 1. The van der Waals surface area contributed by atoms with E-state index in [2.05, 4.69) is 58.0 Å². The summed E-state index contributed by atoms with van der Waals surface area (Å²) >= 11 is 2.25. The molecule has 0 saturated carbocycles. The van der Waals surface area contributed by atoms with E-state index in [9.17, 15) is 0 Å². The van der Waals surface area contributed by atoms with Gasteiger partial charge in [-0.05, 0) is 45.9 Å². The third-order valence-corrected chi connectivity index (χ3v) is 4.49. The zero-order valence-corrected chi connectivity index (χ0v) is 14.6. The summed E-state index contributed by atoms with van der Waals surface area (Å²) in [6.07, 6.45) is 0.881. The van der Waals surface area contributed by atoms with Crippen molar-refractivity contribution >= 4 is 33.5 Å². The number of nitrogens with two attached hydrogens (primary N) is 1. The van der Waals surface area contributed by atoms with Gasteiger partial charge in [-0.15, -0.1) is 0 Å². The minimum Gasteiger partial charge on any atom is -0.493 e. The van der Waals surface area contributed by atoms with Gasteiger partial charge in [0, 0.05) is 31.5 Å². The zero-order chi connectivity index (χ0) is 15.5. The highest BCUT2D eigenvalue weighted by Crippen LogP contribution is 2.24. The molecule has 4 nitrogen and oxygen atoms in total. The molecule has 0 radical (unpaired) electrons. The Morgan fingerprint density at radius 2 is 1.86 bits per heavy atom. The molecule has 0 fully saturated rings. The van der Waals surface area contributed by atoms with Gasteiger partial charge in [0.15, 0.2) is 0 Å². The molecule has 0 spiro atoms. The average molecular weight is 407 g/mol. The maximum Gasteiger partial charge on any atom is 0.131 e. The van der Waals surface area contributed by atoms with E-state index in [4.69, 9.17) is 10.5 Å². The van der Waals surface area contributed by atoms with Gasteiger partial charge in [-0.1, -0.05) is 24.3 Å². The predicted octanol–water partition coefficient (Wildman–Crippen LogP) is 3.26. The SMILES string of the molecule is Cn1nc(I)c2ccc(OCCc3ccc(CN)cc3)cc21. The number of aryl methyl sites for hydroxylation is 1. The molecule has 2 N–H and O–H groups in total. The van der Waals surface area contributed by atoms with Gasteiger partial charge in [-0.3, -0.25) is 4.68 Å². The molecule has 0 unspecified atom stereocenters. The number of aromatic nitrogens is 2. The smallest absolute Gasteiger partial charge is 0.131 e. The maximum atomic E-state index is 5.87. The third-order valence-electron chi connectivity index (χ3n) is 3.70. The normalized spacial score (nSPS) is 11.0. The van der Waals surface area contributed by atoms with E-state index in [1.807, 2.05) is 23.9 Å². The Morgan fingerprint density at radius 3 is 2.59 bits per heavy atom. The molecule has 2 aromatic carbocycles. The van der Waals surface area contributed by atoms with Crippen molar-refractivity contribution < 1.29 is 4.74 Å². The van der Waals surface area contributed by atoms with Crippen LogP contribution in [0.4, 0.5) is 0 Å². The minimum absolute atomic E-state index is 0.584. The molecule has 0 atom stereocenters. The number of nitrogens with zero attached hydrogens (tertiary/aromatic N) is 2. The highest BCUT2D eigenvalue weighted by atomic mass is 127. The summed E-state index contributed by atoms with van der Waals surface area (Å²) in [7, 11) is 1.95. The Hall–Kier alpha value is -1.60. The van der Waals surface area contributed by atoms with Gasteiger partial charge in [0.1, 0.15) is 9.45 Å². The fourth-order valence-electron chi connectivity index (χ4n) is 2.41. The monoisotopic (exact) mass is 407 g/mol. The Labute approximate surface area is 143 Å². The van der Waals surface area contributed by atoms with Crippen molar-refractivity contribution in [1.29, 1.82) is 0 Å². The lowest BCUT2D eigenvalue weighted by Crippen LogP contribution is -2.02. The van der Waals surface area contributed by atoms with Crippen LogP contribution in [0.2, 0.25) is 0 Å². The molecular formula is C17H18IN3O. The number of fused-ring (bicyclic) bond motifs is 1. The second-order valence-electron chi connectivity index (χ2n) is 5.21. The van der Waals surface area contributed by atoms with E-state index in [0.29, 0.717) is 13.2 Å². The molecule has 114 valence electrons. The molecule has 0 aliphatic heterocycles. The van der Waals surface area contributed by atoms with Gasteiger partial charge in [0.25, 0.3) is 0 Å². The van der Waals surface area contributed by atoms with Gasteiger partial charge < -0.3 is 10.5 Å². The Balaban J connectivity index is 1.64. The summed E-state index contributed by atoms with van der Waals surface area (Å²) in [6.45, 7) is 1.24. The second kappa shape index (κ2) is 6.66. The van der Waals surface area contributed by atoms with E-state index >= 15 is 0 Å². The van der Waals surface area contributed by atoms with Crippen molar-refractivity contribution in [1.82, 2.24) is 9.78 Å². The summed E-state index contributed by atoms with van der Waals surface area (Å²) in [5, 5.41) is 5.57. The highest BCUT2D eigenvalue weighted by molar-refractivity contribution is 14.1. The Bertz CT molecular complexity index is 780. The zero-order valence-electron chi connectivity index (χ0n) is 12.4. The van der Waals surface area contributed by atoms with Crippen LogP contribution < -0.4 is 10.5 Å². The molecule has 3 rings (SSSR count). The lowest BCUT2D eigenvalue weighted by Gasteiger charge is -2.07. The van der Waals surface area contributed by atoms with Gasteiger partial charge in [-0.25, -0.2) is 0 Å². The van der Waals surface area contributed by atoms with E-state index in [1.165, 1.54) is 5.56 Å². The quantitative estimate of drug-likeness (QED) is 0.661. The van der Waals surface area contributed by atoms with Crippen molar-refractivity contribution in [3.63, 3.8) is 0 Å². The van der Waals surface area contributed by atoms with Gasteiger partial charge in [0.05, 0.1) is 12.1 Å². The topological polar surface area (TPSA) is 53.1 Å². The summed E-state index contributed by atoms with van der Waals surface area (Å²) in [5.74, 6) is 0.880. The number of benzene rings is 2. The molecule has 0 aliphatic rings. The molecule has 0 amide bonds. The standard InChI is InChI=1S/C17H18IN3O/c1-21-16-10-14(6-7-15(16)17(18)20-21)22-9-8-12-2-4-13(11-19)5-3-12/h2-7,10H,8-9,11,19H2,1H3. The molecule has 0 aliphatic carbocycles. The van der Waals surface area contributed by atoms with Crippen LogP contribution in [0.25, 0.3) is 10.9 Å². The van der Waals surface area contributed by atoms with Crippen LogP contribution in [-0.2, 0) is 20.0 Å². The van der Waals surface area contributed by atoms with Gasteiger partial charge in [0.2, 0.25) is 0 Å². The molecule has 0 saturated heterocycles. The molecule has 1 heterocycles. The van der Waals surface area contributed by atoms with Crippen LogP contribution in [-0.4, -0.2) is 16.4 Å². The predicted molar refractivity (Wildman–Crippen MR) is 97.0 cm³/mol. The van der Waals surface area contributed by atoms with E-state index in [0.717, 1.165) is 32.3 Å². The molecule has 1 aromatic heterocycles. The fourth-order valence-corrected chi connectivity index (χ4v) is 3.19. The number of ether oxygens (including phenoxy) is 1. The van der Waals surface area contributed by atoms with Crippen LogP contribution in [0.5, 0.6) is 5.75 Å². The lowest BCUT2D eigenvalue weighted by molar-refractivity contribution is 0.322. The molecule has 22 heavy (non-hydrogen) atoms. The average Bonchev–Trinajstić information content (AvgIpc) is 2.82. The third kappa shape index (κ3) is 3.25. The van der Waals surface area contributed by atoms with E-state index < -0.39 is 0 Å². The van der Waals surface area contributed by atoms with Crippen molar-refractivity contribution in [3.05, 3.63) is 57.3 Å². The first kappa shape index (κ1) is 15.3. The van der Waals surface area contributed by atoms with E-state index in [1.54, 1.807) is 0 Å². The largest absolute Gasteiger partial charge is 0.493 e. The van der Waals surface area contributed by atoms with Crippen LogP contribution >= 0.6 is 22.6 Å². The molecule has 3 aromatic rings. The molecule has 5 heteroatoms. The summed E-state index contributed by atoms with van der Waals surface area (Å²) < 4.78 is 8.77. The Kier molecular flexibility index (Phi) is 4.63. The van der Waals surface area contributed by atoms with Gasteiger partial charge >= 0.3 is 0 Å². The number of hydrogen-bond donors (Lipinski definition) is 1. The van der Waals surface area contributed by atoms with Crippen molar-refractivity contribution in [2.75, 3.05) is 6.61 Å². The number of hydrogen-bond acceptors (Lipinski definition) is 3. The lowest BCUT2D eigenvalue weighted by atomic mass is 10.1. The van der Waals surface area contributed by atoms with Crippen molar-refractivity contribution in [3.8, 4) is 5.75 Å². The first-order valence-corrected chi connectivity index (χ1v) is 8.28. The van der Waals surface area contributed by atoms with Crippen LogP contribution in [0.1, 0.15) is 11.1 Å². The van der Waals surface area contributed by atoms with Gasteiger partial charge in [-0.2, -0.15) is 5.10 Å². The number of rotatable bonds is 5. The molecular weight excluding hydrogens is 389 g/mol. The summed E-state index contributed by atoms with van der Waals surface area (Å²) in [6, 6.07) is 14.5. The maximum absolute atomic E-state index is 5.87. The van der Waals surface area contributed by atoms with Crippen molar-refractivity contribution in [2.45, 2.75) is 13.0 Å². The summed E-state index contributed by atoms with van der Waals surface area (Å²) in [5.41, 5.74) is 9.11.